The van der Waals surface area contributed by atoms with Crippen molar-refractivity contribution in [1.29, 1.82) is 0 Å². The Bertz CT molecular complexity index is 551. The van der Waals surface area contributed by atoms with Gasteiger partial charge in [0.2, 0.25) is 0 Å². The van der Waals surface area contributed by atoms with E-state index in [1.54, 1.807) is 0 Å². The van der Waals surface area contributed by atoms with Gasteiger partial charge in [0.25, 0.3) is 0 Å². The van der Waals surface area contributed by atoms with Crippen LogP contribution in [0.2, 0.25) is 0 Å². The second-order valence-electron chi connectivity index (χ2n) is 4.52. The molecule has 0 amide bonds. The predicted molar refractivity (Wildman–Crippen MR) is 85.0 cm³/mol. The number of nitrogens with zero attached hydrogens (tertiary/aromatic N) is 4. The third-order valence-corrected chi connectivity index (χ3v) is 4.63. The second-order valence-corrected chi connectivity index (χ2v) is 6.16. The van der Waals surface area contributed by atoms with E-state index in [-0.39, 0.29) is 6.04 Å². The van der Waals surface area contributed by atoms with E-state index in [0.717, 1.165) is 41.8 Å². The van der Waals surface area contributed by atoms with E-state index in [1.165, 1.54) is 16.4 Å². The van der Waals surface area contributed by atoms with Crippen LogP contribution < -0.4 is 5.32 Å². The van der Waals surface area contributed by atoms with Crippen LogP contribution in [0.15, 0.2) is 10.7 Å². The molecule has 0 saturated heterocycles. The largest absolute Gasteiger partial charge is 0.304 e. The molecule has 1 N–H and O–H groups in total. The van der Waals surface area contributed by atoms with E-state index < -0.39 is 0 Å². The minimum Gasteiger partial charge on any atom is -0.304 e. The molecule has 0 saturated carbocycles. The van der Waals surface area contributed by atoms with Gasteiger partial charge in [-0.05, 0) is 53.8 Å². The molecule has 0 bridgehead atoms. The van der Waals surface area contributed by atoms with Crippen LogP contribution in [0.25, 0.3) is 0 Å². The minimum absolute atomic E-state index is 0.0988. The summed E-state index contributed by atoms with van der Waals surface area (Å²) in [5.74, 6) is 0. The third kappa shape index (κ3) is 3.10. The van der Waals surface area contributed by atoms with Gasteiger partial charge in [0.05, 0.1) is 33.0 Å². The number of halogens is 1. The molecular formula is C13H20BrN5S. The molecule has 110 valence electrons. The van der Waals surface area contributed by atoms with Gasteiger partial charge >= 0.3 is 0 Å². The van der Waals surface area contributed by atoms with E-state index in [4.69, 9.17) is 0 Å². The maximum atomic E-state index is 4.42. The maximum Gasteiger partial charge on any atom is 0.0888 e. The van der Waals surface area contributed by atoms with Crippen molar-refractivity contribution in [2.45, 2.75) is 46.2 Å². The Kier molecular flexibility index (Phi) is 5.68. The van der Waals surface area contributed by atoms with Gasteiger partial charge in [-0.2, -0.15) is 5.10 Å². The number of nitrogens with one attached hydrogen (secondary N) is 1. The topological polar surface area (TPSA) is 55.6 Å². The summed E-state index contributed by atoms with van der Waals surface area (Å²) >= 11 is 5.10. The highest BCUT2D eigenvalue weighted by atomic mass is 79.9. The highest BCUT2D eigenvalue weighted by Crippen LogP contribution is 2.32. The van der Waals surface area contributed by atoms with Crippen LogP contribution in [0.4, 0.5) is 0 Å². The van der Waals surface area contributed by atoms with Gasteiger partial charge in [-0.15, -0.1) is 5.10 Å². The monoisotopic (exact) mass is 357 g/mol. The normalized spacial score (nSPS) is 12.8. The van der Waals surface area contributed by atoms with Crippen molar-refractivity contribution in [2.24, 2.45) is 0 Å². The number of rotatable bonds is 7. The fourth-order valence-corrected chi connectivity index (χ4v) is 3.54. The Morgan fingerprint density at radius 3 is 2.85 bits per heavy atom. The zero-order valence-corrected chi connectivity index (χ0v) is 14.5. The standard InChI is InChI=1S/C13H20BrN5S/c1-4-7-15-11(13-10(5-2)17-18-20-13)12-9(14)8-16-19(12)6-3/h8,11,15H,4-7H2,1-3H3. The molecule has 2 heterocycles. The molecule has 0 radical (unpaired) electrons. The van der Waals surface area contributed by atoms with E-state index in [1.807, 2.05) is 10.9 Å². The SMILES string of the molecule is CCCNC(c1snnc1CC)c1c(Br)cnn1CC. The molecule has 2 rings (SSSR count). The zero-order valence-electron chi connectivity index (χ0n) is 12.1. The van der Waals surface area contributed by atoms with Gasteiger partial charge in [-0.3, -0.25) is 4.68 Å². The zero-order chi connectivity index (χ0) is 14.5. The number of hydrogen-bond donors (Lipinski definition) is 1. The van der Waals surface area contributed by atoms with Crippen molar-refractivity contribution >= 4 is 27.5 Å². The molecule has 0 aliphatic rings. The van der Waals surface area contributed by atoms with Gasteiger partial charge < -0.3 is 5.32 Å². The Morgan fingerprint density at radius 2 is 2.20 bits per heavy atom. The van der Waals surface area contributed by atoms with Gasteiger partial charge in [-0.25, -0.2) is 0 Å². The average Bonchev–Trinajstić information content (AvgIpc) is 3.07. The Hall–Kier alpha value is -0.790. The lowest BCUT2D eigenvalue weighted by Gasteiger charge is -2.19. The number of hydrogen-bond acceptors (Lipinski definition) is 5. The summed E-state index contributed by atoms with van der Waals surface area (Å²) in [5.41, 5.74) is 2.22. The lowest BCUT2D eigenvalue weighted by Crippen LogP contribution is -2.26. The molecular weight excluding hydrogens is 338 g/mol. The van der Waals surface area contributed by atoms with Crippen LogP contribution in [0.1, 0.15) is 49.5 Å². The first-order valence-electron chi connectivity index (χ1n) is 6.98. The predicted octanol–water partition coefficient (Wildman–Crippen LogP) is 3.17. The summed E-state index contributed by atoms with van der Waals surface area (Å²) in [6.45, 7) is 8.18. The first-order chi connectivity index (χ1) is 9.72. The van der Waals surface area contributed by atoms with Crippen molar-refractivity contribution in [3.8, 4) is 0 Å². The molecule has 0 spiro atoms. The van der Waals surface area contributed by atoms with Crippen molar-refractivity contribution in [3.05, 3.63) is 26.9 Å². The molecule has 5 nitrogen and oxygen atoms in total. The smallest absolute Gasteiger partial charge is 0.0888 e. The molecule has 0 aliphatic carbocycles. The highest BCUT2D eigenvalue weighted by Gasteiger charge is 2.25. The lowest BCUT2D eigenvalue weighted by atomic mass is 10.1. The summed E-state index contributed by atoms with van der Waals surface area (Å²) < 4.78 is 7.18. The van der Waals surface area contributed by atoms with Crippen LogP contribution in [0.5, 0.6) is 0 Å². The van der Waals surface area contributed by atoms with Crippen molar-refractivity contribution in [1.82, 2.24) is 24.7 Å². The van der Waals surface area contributed by atoms with Crippen LogP contribution in [0.3, 0.4) is 0 Å². The van der Waals surface area contributed by atoms with E-state index >= 15 is 0 Å². The molecule has 2 aromatic rings. The third-order valence-electron chi connectivity index (χ3n) is 3.19. The van der Waals surface area contributed by atoms with Gasteiger partial charge in [0.15, 0.2) is 0 Å². The molecule has 0 fully saturated rings. The quantitative estimate of drug-likeness (QED) is 0.826. The van der Waals surface area contributed by atoms with Gasteiger partial charge in [-0.1, -0.05) is 18.3 Å². The number of aromatic nitrogens is 4. The Labute approximate surface area is 132 Å². The first-order valence-corrected chi connectivity index (χ1v) is 8.55. The van der Waals surface area contributed by atoms with Crippen LogP contribution in [-0.4, -0.2) is 25.9 Å². The van der Waals surface area contributed by atoms with Gasteiger partial charge in [0, 0.05) is 6.54 Å². The lowest BCUT2D eigenvalue weighted by molar-refractivity contribution is 0.530. The van der Waals surface area contributed by atoms with Gasteiger partial charge in [0.1, 0.15) is 0 Å². The molecule has 1 unspecified atom stereocenters. The Balaban J connectivity index is 2.44. The second kappa shape index (κ2) is 7.28. The van der Waals surface area contributed by atoms with Crippen LogP contribution in [-0.2, 0) is 13.0 Å². The highest BCUT2D eigenvalue weighted by molar-refractivity contribution is 9.10. The maximum absolute atomic E-state index is 4.42. The number of aryl methyl sites for hydroxylation is 2. The van der Waals surface area contributed by atoms with E-state index in [0.29, 0.717) is 0 Å². The molecule has 7 heteroatoms. The summed E-state index contributed by atoms with van der Waals surface area (Å²) in [7, 11) is 0. The first kappa shape index (κ1) is 15.6. The minimum atomic E-state index is 0.0988. The summed E-state index contributed by atoms with van der Waals surface area (Å²) in [6.07, 6.45) is 3.84. The fourth-order valence-electron chi connectivity index (χ4n) is 2.19. The van der Waals surface area contributed by atoms with Crippen molar-refractivity contribution < 1.29 is 0 Å². The summed E-state index contributed by atoms with van der Waals surface area (Å²) in [6, 6.07) is 0.0988. The molecule has 0 aromatic carbocycles. The van der Waals surface area contributed by atoms with Crippen molar-refractivity contribution in [3.63, 3.8) is 0 Å². The fraction of sp³-hybridized carbons (Fsp3) is 0.615. The van der Waals surface area contributed by atoms with E-state index in [9.17, 15) is 0 Å². The summed E-state index contributed by atoms with van der Waals surface area (Å²) in [5, 5.41) is 12.3. The summed E-state index contributed by atoms with van der Waals surface area (Å²) in [4.78, 5) is 1.19. The molecule has 2 aromatic heterocycles. The molecule has 0 aliphatic heterocycles. The molecule has 1 atom stereocenters. The van der Waals surface area contributed by atoms with E-state index in [2.05, 4.69) is 56.7 Å². The average molecular weight is 358 g/mol. The van der Waals surface area contributed by atoms with Crippen molar-refractivity contribution in [2.75, 3.05) is 6.54 Å². The van der Waals surface area contributed by atoms with Crippen LogP contribution >= 0.6 is 27.5 Å². The Morgan fingerprint density at radius 1 is 1.40 bits per heavy atom. The molecule has 20 heavy (non-hydrogen) atoms. The van der Waals surface area contributed by atoms with Crippen LogP contribution in [0, 0.1) is 0 Å².